The van der Waals surface area contributed by atoms with Crippen LogP contribution in [0, 0.1) is 5.82 Å². The van der Waals surface area contributed by atoms with Crippen LogP contribution in [0.4, 0.5) is 10.1 Å². The van der Waals surface area contributed by atoms with Crippen molar-refractivity contribution in [3.05, 3.63) is 59.9 Å². The van der Waals surface area contributed by atoms with Crippen molar-refractivity contribution in [2.75, 3.05) is 18.5 Å². The van der Waals surface area contributed by atoms with Gasteiger partial charge in [-0.1, -0.05) is 0 Å². The Balaban J connectivity index is 1.67. The van der Waals surface area contributed by atoms with Gasteiger partial charge in [0.05, 0.1) is 6.61 Å². The molecule has 0 bridgehead atoms. The van der Waals surface area contributed by atoms with Gasteiger partial charge >= 0.3 is 0 Å². The van der Waals surface area contributed by atoms with Crippen LogP contribution < -0.4 is 10.1 Å². The molecule has 0 aliphatic carbocycles. The number of nitrogens with one attached hydrogen (secondary N) is 1. The van der Waals surface area contributed by atoms with Crippen LogP contribution >= 0.6 is 0 Å². The summed E-state index contributed by atoms with van der Waals surface area (Å²) in [7, 11) is 0. The molecular formula is C20H21FN2O3. The monoisotopic (exact) mass is 356 g/mol. The fourth-order valence-electron chi connectivity index (χ4n) is 3.07. The van der Waals surface area contributed by atoms with Gasteiger partial charge in [0.15, 0.2) is 0 Å². The molecule has 3 rings (SSSR count). The highest BCUT2D eigenvalue weighted by atomic mass is 19.1. The summed E-state index contributed by atoms with van der Waals surface area (Å²) >= 11 is 0. The Bertz CT molecular complexity index is 775. The standard InChI is InChI=1S/C20H21FN2O3/c1-2-26-17-11-9-16(10-12-17)22-19(24)18-4-3-13-23(18)20(25)14-5-7-15(21)8-6-14/h5-12,18H,2-4,13H2,1H3,(H,22,24)/t18-/m0/s1. The molecule has 6 heteroatoms. The van der Waals surface area contributed by atoms with Crippen LogP contribution in [0.1, 0.15) is 30.1 Å². The second kappa shape index (κ2) is 7.99. The number of rotatable bonds is 5. The van der Waals surface area contributed by atoms with Gasteiger partial charge in [-0.2, -0.15) is 0 Å². The van der Waals surface area contributed by atoms with Crippen LogP contribution in [0.25, 0.3) is 0 Å². The van der Waals surface area contributed by atoms with E-state index in [1.54, 1.807) is 29.2 Å². The highest BCUT2D eigenvalue weighted by molar-refractivity contribution is 6.01. The third kappa shape index (κ3) is 4.02. The number of carbonyl (C=O) groups is 2. The molecule has 1 saturated heterocycles. The maximum absolute atomic E-state index is 13.1. The molecule has 136 valence electrons. The maximum Gasteiger partial charge on any atom is 0.254 e. The molecule has 2 aromatic rings. The summed E-state index contributed by atoms with van der Waals surface area (Å²) in [6, 6.07) is 12.0. The summed E-state index contributed by atoms with van der Waals surface area (Å²) in [5.41, 5.74) is 1.03. The molecule has 0 radical (unpaired) electrons. The molecule has 1 heterocycles. The summed E-state index contributed by atoms with van der Waals surface area (Å²) < 4.78 is 18.4. The van der Waals surface area contributed by atoms with Crippen LogP contribution in [0.3, 0.4) is 0 Å². The number of anilines is 1. The van der Waals surface area contributed by atoms with Gasteiger partial charge in [-0.15, -0.1) is 0 Å². The average Bonchev–Trinajstić information content (AvgIpc) is 3.13. The minimum atomic E-state index is -0.529. The topological polar surface area (TPSA) is 58.6 Å². The third-order valence-corrected chi connectivity index (χ3v) is 4.34. The van der Waals surface area contributed by atoms with Crippen molar-refractivity contribution in [3.63, 3.8) is 0 Å². The maximum atomic E-state index is 13.1. The smallest absolute Gasteiger partial charge is 0.254 e. The van der Waals surface area contributed by atoms with Crippen LogP contribution in [0.2, 0.25) is 0 Å². The van der Waals surface area contributed by atoms with E-state index in [0.717, 1.165) is 12.2 Å². The van der Waals surface area contributed by atoms with Crippen LogP contribution in [0.5, 0.6) is 5.75 Å². The second-order valence-electron chi connectivity index (χ2n) is 6.11. The number of likely N-dealkylation sites (tertiary alicyclic amines) is 1. The molecule has 0 unspecified atom stereocenters. The highest BCUT2D eigenvalue weighted by Gasteiger charge is 2.34. The molecule has 26 heavy (non-hydrogen) atoms. The molecule has 0 aromatic heterocycles. The van der Waals surface area contributed by atoms with E-state index in [4.69, 9.17) is 4.74 Å². The van der Waals surface area contributed by atoms with E-state index in [1.165, 1.54) is 24.3 Å². The van der Waals surface area contributed by atoms with Crippen molar-refractivity contribution in [1.29, 1.82) is 0 Å². The first-order chi connectivity index (χ1) is 12.6. The largest absolute Gasteiger partial charge is 0.494 e. The Hall–Kier alpha value is -2.89. The van der Waals surface area contributed by atoms with E-state index in [9.17, 15) is 14.0 Å². The van der Waals surface area contributed by atoms with Gasteiger partial charge in [-0.05, 0) is 68.3 Å². The van der Waals surface area contributed by atoms with Gasteiger partial charge in [0.25, 0.3) is 5.91 Å². The zero-order chi connectivity index (χ0) is 18.5. The molecule has 2 aromatic carbocycles. The van der Waals surface area contributed by atoms with Gasteiger partial charge < -0.3 is 15.0 Å². The predicted molar refractivity (Wildman–Crippen MR) is 96.7 cm³/mol. The van der Waals surface area contributed by atoms with Crippen LogP contribution in [-0.4, -0.2) is 35.9 Å². The number of ether oxygens (including phenoxy) is 1. The molecule has 2 amide bonds. The summed E-state index contributed by atoms with van der Waals surface area (Å²) in [6.07, 6.45) is 1.37. The Morgan fingerprint density at radius 2 is 1.85 bits per heavy atom. The SMILES string of the molecule is CCOc1ccc(NC(=O)[C@@H]2CCCN2C(=O)c2ccc(F)cc2)cc1. The van der Waals surface area contributed by atoms with E-state index < -0.39 is 11.9 Å². The molecule has 1 aliphatic rings. The molecule has 0 saturated carbocycles. The Morgan fingerprint density at radius 3 is 2.50 bits per heavy atom. The molecule has 1 aliphatic heterocycles. The third-order valence-electron chi connectivity index (χ3n) is 4.34. The molecule has 0 spiro atoms. The lowest BCUT2D eigenvalue weighted by Gasteiger charge is -2.24. The quantitative estimate of drug-likeness (QED) is 0.892. The van der Waals surface area contributed by atoms with E-state index >= 15 is 0 Å². The molecule has 1 N–H and O–H groups in total. The van der Waals surface area contributed by atoms with Crippen LogP contribution in [0.15, 0.2) is 48.5 Å². The fraction of sp³-hybridized carbons (Fsp3) is 0.300. The number of carbonyl (C=O) groups excluding carboxylic acids is 2. The summed E-state index contributed by atoms with van der Waals surface area (Å²) in [5.74, 6) is -0.135. The number of hydrogen-bond acceptors (Lipinski definition) is 3. The zero-order valence-corrected chi connectivity index (χ0v) is 14.6. The van der Waals surface area contributed by atoms with Gasteiger partial charge in [0, 0.05) is 17.8 Å². The number of benzene rings is 2. The number of halogens is 1. The Labute approximate surface area is 151 Å². The van der Waals surface area contributed by atoms with Gasteiger partial charge in [-0.3, -0.25) is 9.59 Å². The minimum Gasteiger partial charge on any atom is -0.494 e. The normalized spacial score (nSPS) is 16.4. The van der Waals surface area contributed by atoms with E-state index in [2.05, 4.69) is 5.32 Å². The van der Waals surface area contributed by atoms with Crippen molar-refractivity contribution < 1.29 is 18.7 Å². The summed E-state index contributed by atoms with van der Waals surface area (Å²) in [5, 5.41) is 2.85. The highest BCUT2D eigenvalue weighted by Crippen LogP contribution is 2.23. The number of nitrogens with zero attached hydrogens (tertiary/aromatic N) is 1. The second-order valence-corrected chi connectivity index (χ2v) is 6.11. The number of amides is 2. The fourth-order valence-corrected chi connectivity index (χ4v) is 3.07. The van der Waals surface area contributed by atoms with Gasteiger partial charge in [0.2, 0.25) is 5.91 Å². The van der Waals surface area contributed by atoms with E-state index in [1.807, 2.05) is 6.92 Å². The van der Waals surface area contributed by atoms with Gasteiger partial charge in [0.1, 0.15) is 17.6 Å². The average molecular weight is 356 g/mol. The first-order valence-electron chi connectivity index (χ1n) is 8.68. The zero-order valence-electron chi connectivity index (χ0n) is 14.6. The van der Waals surface area contributed by atoms with Crippen molar-refractivity contribution in [3.8, 4) is 5.75 Å². The number of hydrogen-bond donors (Lipinski definition) is 1. The lowest BCUT2D eigenvalue weighted by molar-refractivity contribution is -0.119. The molecule has 5 nitrogen and oxygen atoms in total. The van der Waals surface area contributed by atoms with Gasteiger partial charge in [-0.25, -0.2) is 4.39 Å². The van der Waals surface area contributed by atoms with Crippen LogP contribution in [-0.2, 0) is 4.79 Å². The first kappa shape index (κ1) is 17.9. The van der Waals surface area contributed by atoms with E-state index in [-0.39, 0.29) is 11.8 Å². The summed E-state index contributed by atoms with van der Waals surface area (Å²) in [6.45, 7) is 2.99. The van der Waals surface area contributed by atoms with Crippen molar-refractivity contribution in [1.82, 2.24) is 4.90 Å². The minimum absolute atomic E-state index is 0.220. The Morgan fingerprint density at radius 1 is 1.15 bits per heavy atom. The molecular weight excluding hydrogens is 335 g/mol. The van der Waals surface area contributed by atoms with Crippen molar-refractivity contribution >= 4 is 17.5 Å². The Kier molecular flexibility index (Phi) is 5.51. The molecule has 1 fully saturated rings. The van der Waals surface area contributed by atoms with Crippen molar-refractivity contribution in [2.24, 2.45) is 0 Å². The lowest BCUT2D eigenvalue weighted by Crippen LogP contribution is -2.43. The molecule has 1 atom stereocenters. The lowest BCUT2D eigenvalue weighted by atomic mass is 10.1. The first-order valence-corrected chi connectivity index (χ1v) is 8.68. The summed E-state index contributed by atoms with van der Waals surface area (Å²) in [4.78, 5) is 26.8. The predicted octanol–water partition coefficient (Wildman–Crippen LogP) is 3.47. The van der Waals surface area contributed by atoms with E-state index in [0.29, 0.717) is 30.8 Å². The van der Waals surface area contributed by atoms with Crippen molar-refractivity contribution in [2.45, 2.75) is 25.8 Å².